The minimum Gasteiger partial charge on any atom is -0.485 e. The van der Waals surface area contributed by atoms with Gasteiger partial charge in [-0.2, -0.15) is 0 Å². The van der Waals surface area contributed by atoms with E-state index in [1.807, 2.05) is 10.8 Å². The zero-order valence-electron chi connectivity index (χ0n) is 7.82. The highest BCUT2D eigenvalue weighted by Gasteiger charge is 2.10. The monoisotopic (exact) mass is 202 g/mol. The van der Waals surface area contributed by atoms with Gasteiger partial charge >= 0.3 is 0 Å². The summed E-state index contributed by atoms with van der Waals surface area (Å²) in [6, 6.07) is 0. The number of fused-ring (bicyclic) bond motifs is 1. The van der Waals surface area contributed by atoms with Gasteiger partial charge in [-0.15, -0.1) is 11.3 Å². The Hall–Kier alpha value is -0.740. The fraction of sp³-hybridized carbons (Fsp3) is 0.556. The van der Waals surface area contributed by atoms with Gasteiger partial charge in [-0.25, -0.2) is 0 Å². The van der Waals surface area contributed by atoms with Crippen LogP contribution in [0.1, 0.15) is 13.8 Å². The summed E-state index contributed by atoms with van der Waals surface area (Å²) in [6.07, 6.45) is -0.167. The second-order valence-electron chi connectivity index (χ2n) is 2.89. The van der Waals surface area contributed by atoms with Gasteiger partial charge in [0.15, 0.2) is 11.5 Å². The van der Waals surface area contributed by atoms with E-state index in [-0.39, 0.29) is 6.10 Å². The summed E-state index contributed by atoms with van der Waals surface area (Å²) in [7, 11) is 0. The SMILES string of the molecule is CC(C)O.c1scc2c1OCCO2. The van der Waals surface area contributed by atoms with Crippen molar-refractivity contribution in [1.82, 2.24) is 0 Å². The van der Waals surface area contributed by atoms with Gasteiger partial charge in [0.1, 0.15) is 13.2 Å². The molecule has 1 N–H and O–H groups in total. The summed E-state index contributed by atoms with van der Waals surface area (Å²) >= 11 is 1.61. The second-order valence-corrected chi connectivity index (χ2v) is 3.63. The molecular formula is C9H14O3S. The topological polar surface area (TPSA) is 38.7 Å². The van der Waals surface area contributed by atoms with Crippen LogP contribution >= 0.6 is 11.3 Å². The Morgan fingerprint density at radius 3 is 2.00 bits per heavy atom. The molecule has 74 valence electrons. The molecule has 2 rings (SSSR count). The third-order valence-electron chi connectivity index (χ3n) is 1.19. The minimum atomic E-state index is -0.167. The van der Waals surface area contributed by atoms with E-state index in [0.717, 1.165) is 11.5 Å². The van der Waals surface area contributed by atoms with Crippen molar-refractivity contribution in [3.8, 4) is 11.5 Å². The smallest absolute Gasteiger partial charge is 0.172 e. The fourth-order valence-electron chi connectivity index (χ4n) is 0.787. The summed E-state index contributed by atoms with van der Waals surface area (Å²) in [6.45, 7) is 4.81. The third-order valence-corrected chi connectivity index (χ3v) is 1.89. The van der Waals surface area contributed by atoms with Gasteiger partial charge in [-0.1, -0.05) is 0 Å². The van der Waals surface area contributed by atoms with Gasteiger partial charge in [-0.3, -0.25) is 0 Å². The van der Waals surface area contributed by atoms with Gasteiger partial charge in [0, 0.05) is 16.9 Å². The highest BCUT2D eigenvalue weighted by atomic mass is 32.1. The molecule has 0 fully saturated rings. The second kappa shape index (κ2) is 5.09. The van der Waals surface area contributed by atoms with Gasteiger partial charge < -0.3 is 14.6 Å². The lowest BCUT2D eigenvalue weighted by atomic mass is 10.5. The Kier molecular flexibility index (Phi) is 4.05. The van der Waals surface area contributed by atoms with Gasteiger partial charge in [0.2, 0.25) is 0 Å². The summed E-state index contributed by atoms with van der Waals surface area (Å²) < 4.78 is 10.5. The number of hydrogen-bond acceptors (Lipinski definition) is 4. The van der Waals surface area contributed by atoms with Crippen molar-refractivity contribution in [3.05, 3.63) is 10.8 Å². The van der Waals surface area contributed by atoms with Gasteiger partial charge in [0.05, 0.1) is 0 Å². The molecule has 2 heterocycles. The van der Waals surface area contributed by atoms with Gasteiger partial charge in [0.25, 0.3) is 0 Å². The zero-order valence-corrected chi connectivity index (χ0v) is 8.63. The van der Waals surface area contributed by atoms with E-state index >= 15 is 0 Å². The van der Waals surface area contributed by atoms with Crippen LogP contribution in [0.2, 0.25) is 0 Å². The first kappa shape index (κ1) is 10.3. The van der Waals surface area contributed by atoms with E-state index < -0.39 is 0 Å². The maximum Gasteiger partial charge on any atom is 0.172 e. The van der Waals surface area contributed by atoms with Crippen LogP contribution in [-0.2, 0) is 0 Å². The van der Waals surface area contributed by atoms with Crippen LogP contribution in [0.5, 0.6) is 11.5 Å². The molecule has 0 saturated heterocycles. The van der Waals surface area contributed by atoms with E-state index in [2.05, 4.69) is 0 Å². The molecule has 3 nitrogen and oxygen atoms in total. The van der Waals surface area contributed by atoms with Crippen molar-refractivity contribution in [2.45, 2.75) is 20.0 Å². The van der Waals surface area contributed by atoms with Crippen LogP contribution in [0.4, 0.5) is 0 Å². The quantitative estimate of drug-likeness (QED) is 0.698. The summed E-state index contributed by atoms with van der Waals surface area (Å²) in [5.41, 5.74) is 0. The fourth-order valence-corrected chi connectivity index (χ4v) is 1.47. The summed E-state index contributed by atoms with van der Waals surface area (Å²) in [5.74, 6) is 1.79. The molecule has 1 aromatic rings. The number of thiophene rings is 1. The van der Waals surface area contributed by atoms with Crippen molar-refractivity contribution >= 4 is 11.3 Å². The van der Waals surface area contributed by atoms with Crippen LogP contribution < -0.4 is 9.47 Å². The first-order chi connectivity index (χ1) is 6.20. The molecule has 4 heteroatoms. The molecule has 0 amide bonds. The molecule has 0 aliphatic carbocycles. The Balaban J connectivity index is 0.000000184. The van der Waals surface area contributed by atoms with Crippen molar-refractivity contribution in [2.24, 2.45) is 0 Å². The molecule has 0 spiro atoms. The minimum absolute atomic E-state index is 0.167. The molecule has 1 aliphatic rings. The first-order valence-corrected chi connectivity index (χ1v) is 5.14. The summed E-state index contributed by atoms with van der Waals surface area (Å²) in [5, 5.41) is 12.0. The number of aliphatic hydroxyl groups is 1. The Morgan fingerprint density at radius 2 is 1.62 bits per heavy atom. The van der Waals surface area contributed by atoms with Crippen LogP contribution in [0.3, 0.4) is 0 Å². The van der Waals surface area contributed by atoms with E-state index in [1.54, 1.807) is 25.2 Å². The van der Waals surface area contributed by atoms with Crippen molar-refractivity contribution in [2.75, 3.05) is 13.2 Å². The normalized spacial score (nSPS) is 13.5. The van der Waals surface area contributed by atoms with Crippen LogP contribution in [0, 0.1) is 0 Å². The molecular weight excluding hydrogens is 188 g/mol. The highest BCUT2D eigenvalue weighted by Crippen LogP contribution is 2.33. The molecule has 1 aromatic heterocycles. The Labute approximate surface area is 81.9 Å². The van der Waals surface area contributed by atoms with Crippen molar-refractivity contribution in [1.29, 1.82) is 0 Å². The van der Waals surface area contributed by atoms with E-state index in [1.165, 1.54) is 0 Å². The summed E-state index contributed by atoms with van der Waals surface area (Å²) in [4.78, 5) is 0. The molecule has 0 atom stereocenters. The zero-order chi connectivity index (χ0) is 9.68. The van der Waals surface area contributed by atoms with Crippen molar-refractivity contribution in [3.63, 3.8) is 0 Å². The van der Waals surface area contributed by atoms with Crippen molar-refractivity contribution < 1.29 is 14.6 Å². The van der Waals surface area contributed by atoms with Crippen LogP contribution in [-0.4, -0.2) is 24.4 Å². The van der Waals surface area contributed by atoms with E-state index in [9.17, 15) is 0 Å². The average Bonchev–Trinajstić information content (AvgIpc) is 2.49. The largest absolute Gasteiger partial charge is 0.485 e. The molecule has 0 bridgehead atoms. The Bertz CT molecular complexity index is 222. The Morgan fingerprint density at radius 1 is 1.23 bits per heavy atom. The molecule has 0 radical (unpaired) electrons. The number of hydrogen-bond donors (Lipinski definition) is 1. The highest BCUT2D eigenvalue weighted by molar-refractivity contribution is 7.08. The predicted octanol–water partition coefficient (Wildman–Crippen LogP) is 1.91. The van der Waals surface area contributed by atoms with E-state index in [4.69, 9.17) is 14.6 Å². The lowest BCUT2D eigenvalue weighted by Gasteiger charge is -2.13. The number of aliphatic hydroxyl groups excluding tert-OH is 1. The first-order valence-electron chi connectivity index (χ1n) is 4.20. The molecule has 1 aliphatic heterocycles. The third kappa shape index (κ3) is 3.65. The van der Waals surface area contributed by atoms with Crippen LogP contribution in [0.25, 0.3) is 0 Å². The average molecular weight is 202 g/mol. The predicted molar refractivity (Wildman–Crippen MR) is 52.7 cm³/mol. The lowest BCUT2D eigenvalue weighted by molar-refractivity contribution is 0.173. The van der Waals surface area contributed by atoms with Gasteiger partial charge in [-0.05, 0) is 13.8 Å². The number of ether oxygens (including phenoxy) is 2. The van der Waals surface area contributed by atoms with E-state index in [0.29, 0.717) is 13.2 Å². The molecule has 0 unspecified atom stereocenters. The standard InChI is InChI=1S/C6H6O2S.C3H8O/c1-2-8-6-4-9-3-5(6)7-1;1-3(2)4/h3-4H,1-2H2;3-4H,1-2H3. The lowest BCUT2D eigenvalue weighted by Crippen LogP contribution is -2.13. The molecule has 13 heavy (non-hydrogen) atoms. The number of rotatable bonds is 0. The maximum atomic E-state index is 8.06. The maximum absolute atomic E-state index is 8.06. The van der Waals surface area contributed by atoms with Crippen LogP contribution in [0.15, 0.2) is 10.8 Å². The molecule has 0 saturated carbocycles. The molecule has 0 aromatic carbocycles.